The van der Waals surface area contributed by atoms with Crippen molar-refractivity contribution >= 4 is 38.8 Å². The molecular formula is C22H17N7OS. The van der Waals surface area contributed by atoms with E-state index in [1.54, 1.807) is 29.9 Å². The van der Waals surface area contributed by atoms with Gasteiger partial charge in [-0.3, -0.25) is 9.79 Å². The number of fused-ring (bicyclic) bond motifs is 4. The van der Waals surface area contributed by atoms with Crippen LogP contribution in [0.4, 0.5) is 0 Å². The Labute approximate surface area is 180 Å². The molecule has 1 aliphatic rings. The molecule has 6 rings (SSSR count). The number of hydrogen-bond acceptors (Lipinski definition) is 7. The van der Waals surface area contributed by atoms with E-state index in [1.165, 1.54) is 16.6 Å². The molecule has 0 bridgehead atoms. The molecule has 0 radical (unpaired) electrons. The van der Waals surface area contributed by atoms with E-state index in [2.05, 4.69) is 26.1 Å². The molecule has 0 spiro atoms. The predicted octanol–water partition coefficient (Wildman–Crippen LogP) is 2.71. The maximum Gasteiger partial charge on any atom is 0.291 e. The molecule has 0 amide bonds. The average molecular weight is 427 g/mol. The van der Waals surface area contributed by atoms with E-state index < -0.39 is 0 Å². The van der Waals surface area contributed by atoms with Crippen molar-refractivity contribution in [2.45, 2.75) is 19.5 Å². The molecule has 0 unspecified atom stereocenters. The standard InChI is InChI=1S/C22H17N7OS/c1-28-19-17(20-21(28)27-18(31-20)5-13-6-24-12-25-7-13)10-26-29(22(19)30)11-15-4-2-3-14-8-23-9-16(14)15/h2-4,6-7,9-10,12H,5,8,11H2,1H3. The summed E-state index contributed by atoms with van der Waals surface area (Å²) in [5.74, 6) is 0. The molecule has 31 heavy (non-hydrogen) atoms. The van der Waals surface area contributed by atoms with Crippen LogP contribution in [-0.2, 0) is 26.6 Å². The van der Waals surface area contributed by atoms with Gasteiger partial charge in [0.1, 0.15) is 16.9 Å². The van der Waals surface area contributed by atoms with Crippen molar-refractivity contribution in [1.29, 1.82) is 0 Å². The van der Waals surface area contributed by atoms with E-state index >= 15 is 0 Å². The minimum atomic E-state index is -0.115. The van der Waals surface area contributed by atoms with Crippen LogP contribution in [0.25, 0.3) is 21.3 Å². The first-order chi connectivity index (χ1) is 15.2. The molecular weight excluding hydrogens is 410 g/mol. The minimum Gasteiger partial charge on any atom is -0.323 e. The van der Waals surface area contributed by atoms with Crippen LogP contribution in [0.2, 0.25) is 0 Å². The third-order valence-corrected chi connectivity index (χ3v) is 6.71. The van der Waals surface area contributed by atoms with E-state index in [-0.39, 0.29) is 5.56 Å². The van der Waals surface area contributed by atoms with Gasteiger partial charge < -0.3 is 4.57 Å². The first kappa shape index (κ1) is 18.1. The van der Waals surface area contributed by atoms with Gasteiger partial charge in [-0.25, -0.2) is 19.6 Å². The summed E-state index contributed by atoms with van der Waals surface area (Å²) in [5.41, 5.74) is 5.65. The number of hydrogen-bond donors (Lipinski definition) is 0. The van der Waals surface area contributed by atoms with Gasteiger partial charge >= 0.3 is 0 Å². The van der Waals surface area contributed by atoms with Crippen LogP contribution < -0.4 is 5.56 Å². The molecule has 4 aromatic heterocycles. The average Bonchev–Trinajstić information content (AvgIpc) is 3.48. The van der Waals surface area contributed by atoms with Crippen molar-refractivity contribution in [3.63, 3.8) is 0 Å². The second-order valence-corrected chi connectivity index (χ2v) is 8.66. The fourth-order valence-electron chi connectivity index (χ4n) is 4.12. The summed E-state index contributed by atoms with van der Waals surface area (Å²) in [4.78, 5) is 30.6. The normalized spacial score (nSPS) is 12.8. The second kappa shape index (κ2) is 6.92. The first-order valence-corrected chi connectivity index (χ1v) is 10.7. The fourth-order valence-corrected chi connectivity index (χ4v) is 5.26. The SMILES string of the molecule is Cn1c2nc(Cc3cncnc3)sc2c2cnn(Cc3cccc4c3C=NC4)c(=O)c21. The molecule has 1 aromatic carbocycles. The highest BCUT2D eigenvalue weighted by Crippen LogP contribution is 2.31. The molecule has 0 N–H and O–H groups in total. The Morgan fingerprint density at radius 1 is 1.16 bits per heavy atom. The van der Waals surface area contributed by atoms with E-state index in [4.69, 9.17) is 4.98 Å². The quantitative estimate of drug-likeness (QED) is 0.440. The van der Waals surface area contributed by atoms with Crippen LogP contribution in [0.5, 0.6) is 0 Å². The molecule has 0 saturated heterocycles. The van der Waals surface area contributed by atoms with Crippen molar-refractivity contribution in [2.75, 3.05) is 0 Å². The number of thiazole rings is 1. The van der Waals surface area contributed by atoms with Crippen LogP contribution in [0.3, 0.4) is 0 Å². The lowest BCUT2D eigenvalue weighted by atomic mass is 10.0. The van der Waals surface area contributed by atoms with Crippen LogP contribution in [0, 0.1) is 0 Å². The van der Waals surface area contributed by atoms with Gasteiger partial charge in [0.05, 0.1) is 24.0 Å². The number of benzene rings is 1. The molecule has 0 saturated carbocycles. The molecule has 8 nitrogen and oxygen atoms in total. The van der Waals surface area contributed by atoms with Crippen LogP contribution in [0.1, 0.15) is 27.3 Å². The van der Waals surface area contributed by atoms with E-state index in [0.717, 1.165) is 37.4 Å². The summed E-state index contributed by atoms with van der Waals surface area (Å²) >= 11 is 1.58. The van der Waals surface area contributed by atoms with Crippen molar-refractivity contribution < 1.29 is 0 Å². The van der Waals surface area contributed by atoms with E-state index in [9.17, 15) is 4.79 Å². The summed E-state index contributed by atoms with van der Waals surface area (Å²) in [6.45, 7) is 1.11. The largest absolute Gasteiger partial charge is 0.323 e. The molecule has 5 heterocycles. The lowest BCUT2D eigenvalue weighted by Crippen LogP contribution is -2.25. The van der Waals surface area contributed by atoms with Crippen molar-refractivity contribution in [3.05, 3.63) is 80.7 Å². The Hall–Kier alpha value is -3.72. The van der Waals surface area contributed by atoms with Crippen molar-refractivity contribution in [3.8, 4) is 0 Å². The minimum absolute atomic E-state index is 0.115. The fraction of sp³-hybridized carbons (Fsp3) is 0.182. The lowest BCUT2D eigenvalue weighted by molar-refractivity contribution is 0.643. The van der Waals surface area contributed by atoms with Gasteiger partial charge in [-0.2, -0.15) is 5.10 Å². The van der Waals surface area contributed by atoms with Gasteiger partial charge in [0.2, 0.25) is 0 Å². The Morgan fingerprint density at radius 3 is 2.90 bits per heavy atom. The zero-order chi connectivity index (χ0) is 20.9. The maximum absolute atomic E-state index is 13.3. The number of aromatic nitrogens is 6. The molecule has 0 aliphatic carbocycles. The topological polar surface area (TPSA) is 90.8 Å². The van der Waals surface area contributed by atoms with Crippen LogP contribution >= 0.6 is 11.3 Å². The highest BCUT2D eigenvalue weighted by molar-refractivity contribution is 7.19. The summed E-state index contributed by atoms with van der Waals surface area (Å²) in [6, 6.07) is 6.11. The second-order valence-electron chi connectivity index (χ2n) is 7.57. The number of nitrogens with zero attached hydrogens (tertiary/aromatic N) is 7. The molecule has 9 heteroatoms. The third-order valence-electron chi connectivity index (χ3n) is 5.63. The molecule has 0 atom stereocenters. The number of aliphatic imine (C=N–C) groups is 1. The highest BCUT2D eigenvalue weighted by atomic mass is 32.1. The Balaban J connectivity index is 1.42. The van der Waals surface area contributed by atoms with Crippen molar-refractivity contribution in [2.24, 2.45) is 12.0 Å². The van der Waals surface area contributed by atoms with Gasteiger partial charge in [0.25, 0.3) is 5.56 Å². The van der Waals surface area contributed by atoms with E-state index in [0.29, 0.717) is 25.0 Å². The summed E-state index contributed by atoms with van der Waals surface area (Å²) in [6.07, 6.45) is 9.43. The van der Waals surface area contributed by atoms with Gasteiger partial charge in [0.15, 0.2) is 5.65 Å². The third kappa shape index (κ3) is 2.89. The molecule has 152 valence electrons. The maximum atomic E-state index is 13.3. The van der Waals surface area contributed by atoms with Gasteiger partial charge in [0, 0.05) is 43.0 Å². The van der Waals surface area contributed by atoms with Crippen LogP contribution in [0.15, 0.2) is 52.9 Å². The van der Waals surface area contributed by atoms with Gasteiger partial charge in [-0.05, 0) is 16.7 Å². The number of aryl methyl sites for hydroxylation is 1. The first-order valence-electron chi connectivity index (χ1n) is 9.87. The zero-order valence-electron chi connectivity index (χ0n) is 16.7. The summed E-state index contributed by atoms with van der Waals surface area (Å²) in [7, 11) is 1.89. The van der Waals surface area contributed by atoms with Crippen LogP contribution in [-0.4, -0.2) is 35.5 Å². The monoisotopic (exact) mass is 427 g/mol. The highest BCUT2D eigenvalue weighted by Gasteiger charge is 2.19. The van der Waals surface area contributed by atoms with Gasteiger partial charge in [-0.15, -0.1) is 11.3 Å². The smallest absolute Gasteiger partial charge is 0.291 e. The molecule has 1 aliphatic heterocycles. The Morgan fingerprint density at radius 2 is 2.03 bits per heavy atom. The lowest BCUT2D eigenvalue weighted by Gasteiger charge is -2.09. The van der Waals surface area contributed by atoms with Gasteiger partial charge in [-0.1, -0.05) is 18.2 Å². The van der Waals surface area contributed by atoms with Crippen molar-refractivity contribution in [1.82, 2.24) is 29.3 Å². The number of rotatable bonds is 4. The predicted molar refractivity (Wildman–Crippen MR) is 120 cm³/mol. The summed E-state index contributed by atoms with van der Waals surface area (Å²) in [5, 5.41) is 6.29. The zero-order valence-corrected chi connectivity index (χ0v) is 17.5. The van der Waals surface area contributed by atoms with E-state index in [1.807, 2.05) is 30.0 Å². The Kier molecular flexibility index (Phi) is 4.03. The Bertz CT molecular complexity index is 1550. The summed E-state index contributed by atoms with van der Waals surface area (Å²) < 4.78 is 4.38. The molecule has 5 aromatic rings. The molecule has 0 fully saturated rings.